The maximum Gasteiger partial charge on any atom is 0.293 e. The monoisotopic (exact) mass is 253 g/mol. The number of rotatable bonds is 4. The standard InChI is InChI=1S/C12H19N3OS/c1-2-6-15-7-5-13-11(12(15)16)14-10-4-3-8-17-9-10/h5,7,10H,2-4,6,8-9H2,1H3,(H,13,14). The van der Waals surface area contributed by atoms with Gasteiger partial charge in [0.05, 0.1) is 0 Å². The highest BCUT2D eigenvalue weighted by Gasteiger charge is 2.15. The van der Waals surface area contributed by atoms with E-state index in [9.17, 15) is 4.79 Å². The largest absolute Gasteiger partial charge is 0.362 e. The number of nitrogens with zero attached hydrogens (tertiary/aromatic N) is 2. The molecular formula is C12H19N3OS. The molecule has 1 N–H and O–H groups in total. The van der Waals surface area contributed by atoms with Crippen LogP contribution in [0.5, 0.6) is 0 Å². The van der Waals surface area contributed by atoms with E-state index in [2.05, 4.69) is 17.2 Å². The van der Waals surface area contributed by atoms with Crippen molar-refractivity contribution in [2.45, 2.75) is 38.8 Å². The van der Waals surface area contributed by atoms with Crippen LogP contribution in [0.4, 0.5) is 5.82 Å². The van der Waals surface area contributed by atoms with Crippen molar-refractivity contribution in [3.63, 3.8) is 0 Å². The van der Waals surface area contributed by atoms with Gasteiger partial charge in [0.2, 0.25) is 0 Å². The molecule has 1 atom stereocenters. The highest BCUT2D eigenvalue weighted by Crippen LogP contribution is 2.18. The van der Waals surface area contributed by atoms with Gasteiger partial charge in [-0.25, -0.2) is 4.98 Å². The lowest BCUT2D eigenvalue weighted by Crippen LogP contribution is -2.32. The molecule has 0 radical (unpaired) electrons. The van der Waals surface area contributed by atoms with E-state index in [1.54, 1.807) is 17.0 Å². The molecule has 2 heterocycles. The van der Waals surface area contributed by atoms with Crippen LogP contribution in [0.1, 0.15) is 26.2 Å². The summed E-state index contributed by atoms with van der Waals surface area (Å²) in [4.78, 5) is 16.2. The van der Waals surface area contributed by atoms with E-state index < -0.39 is 0 Å². The first kappa shape index (κ1) is 12.5. The molecule has 2 rings (SSSR count). The number of thioether (sulfide) groups is 1. The Morgan fingerprint density at radius 1 is 1.65 bits per heavy atom. The molecule has 0 saturated carbocycles. The summed E-state index contributed by atoms with van der Waals surface area (Å²) < 4.78 is 1.73. The summed E-state index contributed by atoms with van der Waals surface area (Å²) in [5.74, 6) is 2.82. The van der Waals surface area contributed by atoms with Crippen LogP contribution >= 0.6 is 11.8 Å². The SMILES string of the molecule is CCCn1ccnc(NC2CCCSC2)c1=O. The normalized spacial score (nSPS) is 20.2. The fourth-order valence-electron chi connectivity index (χ4n) is 2.01. The van der Waals surface area contributed by atoms with Gasteiger partial charge in [0.1, 0.15) is 0 Å². The molecule has 1 aromatic rings. The quantitative estimate of drug-likeness (QED) is 0.891. The lowest BCUT2D eigenvalue weighted by molar-refractivity contribution is 0.640. The lowest BCUT2D eigenvalue weighted by atomic mass is 10.2. The van der Waals surface area contributed by atoms with Crippen LogP contribution < -0.4 is 10.9 Å². The molecule has 1 aliphatic heterocycles. The molecule has 1 fully saturated rings. The maximum atomic E-state index is 12.1. The smallest absolute Gasteiger partial charge is 0.293 e. The number of aryl methyl sites for hydroxylation is 1. The lowest BCUT2D eigenvalue weighted by Gasteiger charge is -2.22. The Morgan fingerprint density at radius 3 is 3.24 bits per heavy atom. The van der Waals surface area contributed by atoms with Gasteiger partial charge in [-0.3, -0.25) is 4.79 Å². The van der Waals surface area contributed by atoms with Gasteiger partial charge >= 0.3 is 0 Å². The molecule has 94 valence electrons. The third-order valence-corrected chi connectivity index (χ3v) is 4.09. The minimum absolute atomic E-state index is 0.00456. The Labute approximate surface area is 106 Å². The molecule has 4 nitrogen and oxygen atoms in total. The second kappa shape index (κ2) is 6.10. The zero-order valence-electron chi connectivity index (χ0n) is 10.2. The van der Waals surface area contributed by atoms with E-state index in [4.69, 9.17) is 0 Å². The summed E-state index contributed by atoms with van der Waals surface area (Å²) in [5.41, 5.74) is 0.00456. The highest BCUT2D eigenvalue weighted by molar-refractivity contribution is 7.99. The third-order valence-electron chi connectivity index (χ3n) is 2.88. The summed E-state index contributed by atoms with van der Waals surface area (Å²) in [6.07, 6.45) is 6.78. The Kier molecular flexibility index (Phi) is 4.48. The first-order chi connectivity index (χ1) is 8.31. The van der Waals surface area contributed by atoms with Gasteiger partial charge in [-0.05, 0) is 25.0 Å². The number of nitrogens with one attached hydrogen (secondary N) is 1. The zero-order valence-corrected chi connectivity index (χ0v) is 11.0. The van der Waals surface area contributed by atoms with E-state index >= 15 is 0 Å². The fourth-order valence-corrected chi connectivity index (χ4v) is 3.08. The maximum absolute atomic E-state index is 12.1. The molecule has 1 aromatic heterocycles. The van der Waals surface area contributed by atoms with Gasteiger partial charge in [-0.2, -0.15) is 11.8 Å². The van der Waals surface area contributed by atoms with Gasteiger partial charge in [-0.15, -0.1) is 0 Å². The molecule has 5 heteroatoms. The Balaban J connectivity index is 2.09. The van der Waals surface area contributed by atoms with Crippen molar-refractivity contribution < 1.29 is 0 Å². The van der Waals surface area contributed by atoms with Gasteiger partial charge in [0, 0.05) is 30.7 Å². The van der Waals surface area contributed by atoms with Crippen molar-refractivity contribution in [3.8, 4) is 0 Å². The van der Waals surface area contributed by atoms with Gasteiger partial charge in [0.25, 0.3) is 5.56 Å². The average molecular weight is 253 g/mol. The Morgan fingerprint density at radius 2 is 2.53 bits per heavy atom. The third kappa shape index (κ3) is 3.25. The Bertz CT molecular complexity index is 412. The van der Waals surface area contributed by atoms with E-state index in [0.717, 1.165) is 25.1 Å². The first-order valence-corrected chi connectivity index (χ1v) is 7.36. The minimum Gasteiger partial charge on any atom is -0.362 e. The highest BCUT2D eigenvalue weighted by atomic mass is 32.2. The molecule has 0 amide bonds. The summed E-state index contributed by atoms with van der Waals surface area (Å²) in [6.45, 7) is 2.83. The van der Waals surface area contributed by atoms with Crippen molar-refractivity contribution in [1.29, 1.82) is 0 Å². The minimum atomic E-state index is 0.00456. The number of anilines is 1. The van der Waals surface area contributed by atoms with Crippen LogP contribution in [0, 0.1) is 0 Å². The van der Waals surface area contributed by atoms with E-state index in [1.807, 2.05) is 11.8 Å². The second-order valence-corrected chi connectivity index (χ2v) is 5.48. The summed E-state index contributed by atoms with van der Waals surface area (Å²) in [7, 11) is 0. The van der Waals surface area contributed by atoms with Crippen molar-refractivity contribution in [3.05, 3.63) is 22.7 Å². The molecule has 1 unspecified atom stereocenters. The zero-order chi connectivity index (χ0) is 12.1. The van der Waals surface area contributed by atoms with E-state index in [-0.39, 0.29) is 5.56 Å². The summed E-state index contributed by atoms with van der Waals surface area (Å²) in [6, 6.07) is 0.395. The van der Waals surface area contributed by atoms with Gasteiger partial charge in [0.15, 0.2) is 5.82 Å². The van der Waals surface area contributed by atoms with Crippen LogP contribution in [0.25, 0.3) is 0 Å². The van der Waals surface area contributed by atoms with E-state index in [1.165, 1.54) is 12.2 Å². The summed E-state index contributed by atoms with van der Waals surface area (Å²) >= 11 is 1.94. The van der Waals surface area contributed by atoms with Crippen molar-refractivity contribution in [2.24, 2.45) is 0 Å². The average Bonchev–Trinajstić information content (AvgIpc) is 2.36. The van der Waals surface area contributed by atoms with E-state index in [0.29, 0.717) is 11.9 Å². The molecule has 0 bridgehead atoms. The topological polar surface area (TPSA) is 46.9 Å². The van der Waals surface area contributed by atoms with Crippen LogP contribution in [0.15, 0.2) is 17.2 Å². The van der Waals surface area contributed by atoms with Gasteiger partial charge < -0.3 is 9.88 Å². The molecular weight excluding hydrogens is 234 g/mol. The van der Waals surface area contributed by atoms with Crippen LogP contribution in [0.2, 0.25) is 0 Å². The molecule has 0 aromatic carbocycles. The first-order valence-electron chi connectivity index (χ1n) is 6.21. The Hall–Kier alpha value is -0.970. The van der Waals surface area contributed by atoms with Crippen LogP contribution in [-0.4, -0.2) is 27.1 Å². The number of hydrogen-bond acceptors (Lipinski definition) is 4. The molecule has 0 aliphatic carbocycles. The molecule has 1 aliphatic rings. The van der Waals surface area contributed by atoms with Crippen molar-refractivity contribution >= 4 is 17.6 Å². The van der Waals surface area contributed by atoms with Crippen molar-refractivity contribution in [2.75, 3.05) is 16.8 Å². The summed E-state index contributed by atoms with van der Waals surface area (Å²) in [5, 5.41) is 3.28. The fraction of sp³-hybridized carbons (Fsp3) is 0.667. The van der Waals surface area contributed by atoms with Gasteiger partial charge in [-0.1, -0.05) is 6.92 Å². The predicted molar refractivity (Wildman–Crippen MR) is 72.8 cm³/mol. The predicted octanol–water partition coefficient (Wildman–Crippen LogP) is 1.96. The van der Waals surface area contributed by atoms with Crippen molar-refractivity contribution in [1.82, 2.24) is 9.55 Å². The number of hydrogen-bond donors (Lipinski definition) is 1. The molecule has 17 heavy (non-hydrogen) atoms. The second-order valence-electron chi connectivity index (χ2n) is 4.33. The van der Waals surface area contributed by atoms with Crippen LogP contribution in [-0.2, 0) is 6.54 Å². The molecule has 1 saturated heterocycles. The molecule has 0 spiro atoms. The number of aromatic nitrogens is 2. The van der Waals surface area contributed by atoms with Crippen LogP contribution in [0.3, 0.4) is 0 Å².